The van der Waals surface area contributed by atoms with Crippen LogP contribution in [0.5, 0.6) is 5.75 Å². The number of hydrogen-bond donors (Lipinski definition) is 1. The highest BCUT2D eigenvalue weighted by molar-refractivity contribution is 5.78. The third-order valence-corrected chi connectivity index (χ3v) is 5.54. The Hall–Kier alpha value is -3.49. The van der Waals surface area contributed by atoms with Gasteiger partial charge in [0.2, 0.25) is 0 Å². The summed E-state index contributed by atoms with van der Waals surface area (Å²) in [4.78, 5) is 12.0. The van der Waals surface area contributed by atoms with Crippen LogP contribution in [0.1, 0.15) is 48.4 Å². The Morgan fingerprint density at radius 3 is 2.03 bits per heavy atom. The van der Waals surface area contributed by atoms with Gasteiger partial charge in [0.15, 0.2) is 0 Å². The molecule has 0 aliphatic rings. The molecule has 0 aliphatic carbocycles. The van der Waals surface area contributed by atoms with Gasteiger partial charge in [-0.3, -0.25) is 4.79 Å². The standard InChI is InChI=1S/C27H24F6O3/c1-16(2)10-24(25(34)35)20-12-19(18-6-8-21(9-7-18)26(28,29)30)13-23(14-20)36-15-17-4-3-5-22(11-17)27(31,32)33/h3-9,11-14,16,24H,10,15H2,1-2H3,(H,34,35). The zero-order valence-electron chi connectivity index (χ0n) is 19.5. The maximum Gasteiger partial charge on any atom is 0.416 e. The quantitative estimate of drug-likeness (QED) is 0.311. The van der Waals surface area contributed by atoms with Crippen LogP contribution < -0.4 is 4.74 Å². The third kappa shape index (κ3) is 7.02. The fourth-order valence-electron chi connectivity index (χ4n) is 3.78. The number of benzene rings is 3. The molecular formula is C27H24F6O3. The maximum absolute atomic E-state index is 13.0. The fraction of sp³-hybridized carbons (Fsp3) is 0.296. The second-order valence-corrected chi connectivity index (χ2v) is 8.87. The van der Waals surface area contributed by atoms with E-state index in [-0.39, 0.29) is 23.8 Å². The monoisotopic (exact) mass is 510 g/mol. The Kier molecular flexibility index (Phi) is 8.01. The summed E-state index contributed by atoms with van der Waals surface area (Å²) in [7, 11) is 0. The van der Waals surface area contributed by atoms with Gasteiger partial charge < -0.3 is 9.84 Å². The molecular weight excluding hydrogens is 486 g/mol. The van der Waals surface area contributed by atoms with E-state index in [1.807, 2.05) is 13.8 Å². The molecule has 3 aromatic carbocycles. The molecule has 1 atom stereocenters. The van der Waals surface area contributed by atoms with Crippen molar-refractivity contribution in [2.75, 3.05) is 0 Å². The SMILES string of the molecule is CC(C)CC(C(=O)O)c1cc(OCc2cccc(C(F)(F)F)c2)cc(-c2ccc(C(F)(F)F)cc2)c1. The van der Waals surface area contributed by atoms with Gasteiger partial charge in [0, 0.05) is 0 Å². The highest BCUT2D eigenvalue weighted by Crippen LogP contribution is 2.35. The minimum absolute atomic E-state index is 0.0373. The molecule has 36 heavy (non-hydrogen) atoms. The van der Waals surface area contributed by atoms with E-state index in [0.29, 0.717) is 23.1 Å². The first-order valence-corrected chi connectivity index (χ1v) is 11.1. The summed E-state index contributed by atoms with van der Waals surface area (Å²) in [6.07, 6.45) is -8.72. The van der Waals surface area contributed by atoms with Crippen molar-refractivity contribution < 1.29 is 41.0 Å². The van der Waals surface area contributed by atoms with E-state index in [4.69, 9.17) is 4.74 Å². The molecule has 3 rings (SSSR count). The molecule has 0 saturated heterocycles. The molecule has 0 aromatic heterocycles. The van der Waals surface area contributed by atoms with E-state index in [2.05, 4.69) is 0 Å². The lowest BCUT2D eigenvalue weighted by Crippen LogP contribution is -2.14. The zero-order valence-corrected chi connectivity index (χ0v) is 19.5. The fourth-order valence-corrected chi connectivity index (χ4v) is 3.78. The Morgan fingerprint density at radius 2 is 1.47 bits per heavy atom. The van der Waals surface area contributed by atoms with Gasteiger partial charge in [0.25, 0.3) is 0 Å². The van der Waals surface area contributed by atoms with Crippen molar-refractivity contribution in [3.05, 3.63) is 89.0 Å². The Morgan fingerprint density at radius 1 is 0.833 bits per heavy atom. The van der Waals surface area contributed by atoms with Crippen LogP contribution in [0.4, 0.5) is 26.3 Å². The smallest absolute Gasteiger partial charge is 0.416 e. The van der Waals surface area contributed by atoms with E-state index in [0.717, 1.165) is 24.3 Å². The van der Waals surface area contributed by atoms with Gasteiger partial charge in [-0.15, -0.1) is 0 Å². The molecule has 1 unspecified atom stereocenters. The van der Waals surface area contributed by atoms with Crippen molar-refractivity contribution in [3.8, 4) is 16.9 Å². The molecule has 0 radical (unpaired) electrons. The van der Waals surface area contributed by atoms with E-state index in [9.17, 15) is 36.2 Å². The van der Waals surface area contributed by atoms with Crippen molar-refractivity contribution in [1.29, 1.82) is 0 Å². The van der Waals surface area contributed by atoms with Crippen LogP contribution in [0.3, 0.4) is 0 Å². The molecule has 0 bridgehead atoms. The Labute approximate surface area is 204 Å². The number of carbonyl (C=O) groups is 1. The first-order valence-electron chi connectivity index (χ1n) is 11.1. The van der Waals surface area contributed by atoms with Gasteiger partial charge in [-0.05, 0) is 71.0 Å². The molecule has 0 aliphatic heterocycles. The van der Waals surface area contributed by atoms with Crippen LogP contribution in [0.15, 0.2) is 66.7 Å². The minimum Gasteiger partial charge on any atom is -0.489 e. The predicted octanol–water partition coefficient (Wildman–Crippen LogP) is 8.18. The second-order valence-electron chi connectivity index (χ2n) is 8.87. The minimum atomic E-state index is -4.52. The van der Waals surface area contributed by atoms with E-state index < -0.39 is 35.4 Å². The normalized spacial score (nSPS) is 13.0. The van der Waals surface area contributed by atoms with Crippen molar-refractivity contribution in [2.45, 2.75) is 45.1 Å². The van der Waals surface area contributed by atoms with Gasteiger partial charge >= 0.3 is 18.3 Å². The van der Waals surface area contributed by atoms with Crippen molar-refractivity contribution >= 4 is 5.97 Å². The van der Waals surface area contributed by atoms with Crippen LogP contribution >= 0.6 is 0 Å². The molecule has 0 heterocycles. The molecule has 0 spiro atoms. The van der Waals surface area contributed by atoms with Crippen LogP contribution in [0.2, 0.25) is 0 Å². The van der Waals surface area contributed by atoms with Crippen LogP contribution in [0.25, 0.3) is 11.1 Å². The lowest BCUT2D eigenvalue weighted by atomic mass is 9.88. The molecule has 3 aromatic rings. The number of alkyl halides is 6. The molecule has 0 fully saturated rings. The lowest BCUT2D eigenvalue weighted by Gasteiger charge is -2.18. The Bertz CT molecular complexity index is 1200. The number of hydrogen-bond acceptors (Lipinski definition) is 2. The maximum atomic E-state index is 13.0. The Balaban J connectivity index is 1.99. The highest BCUT2D eigenvalue weighted by Gasteiger charge is 2.31. The van der Waals surface area contributed by atoms with Crippen LogP contribution in [-0.4, -0.2) is 11.1 Å². The van der Waals surface area contributed by atoms with Gasteiger partial charge in [-0.25, -0.2) is 0 Å². The number of aliphatic carboxylic acids is 1. The highest BCUT2D eigenvalue weighted by atomic mass is 19.4. The van der Waals surface area contributed by atoms with Gasteiger partial charge in [0.05, 0.1) is 17.0 Å². The average Bonchev–Trinajstić information content (AvgIpc) is 2.80. The second kappa shape index (κ2) is 10.6. The summed E-state index contributed by atoms with van der Waals surface area (Å²) in [5.74, 6) is -1.75. The van der Waals surface area contributed by atoms with Crippen LogP contribution in [-0.2, 0) is 23.8 Å². The van der Waals surface area contributed by atoms with Gasteiger partial charge in [-0.2, -0.15) is 26.3 Å². The van der Waals surface area contributed by atoms with Crippen molar-refractivity contribution in [2.24, 2.45) is 5.92 Å². The molecule has 0 saturated carbocycles. The molecule has 0 amide bonds. The third-order valence-electron chi connectivity index (χ3n) is 5.54. The number of carboxylic acid groups (broad SMARTS) is 1. The van der Waals surface area contributed by atoms with Crippen molar-refractivity contribution in [3.63, 3.8) is 0 Å². The summed E-state index contributed by atoms with van der Waals surface area (Å²) in [5.41, 5.74) is -0.189. The van der Waals surface area contributed by atoms with E-state index >= 15 is 0 Å². The molecule has 9 heteroatoms. The molecule has 3 nitrogen and oxygen atoms in total. The molecule has 192 valence electrons. The number of carboxylic acids is 1. The van der Waals surface area contributed by atoms with Gasteiger partial charge in [-0.1, -0.05) is 44.2 Å². The summed E-state index contributed by atoms with van der Waals surface area (Å²) in [6, 6.07) is 13.6. The van der Waals surface area contributed by atoms with Gasteiger partial charge in [0.1, 0.15) is 12.4 Å². The number of ether oxygens (including phenoxy) is 1. The van der Waals surface area contributed by atoms with E-state index in [1.54, 1.807) is 6.07 Å². The van der Waals surface area contributed by atoms with Crippen LogP contribution in [0, 0.1) is 5.92 Å². The summed E-state index contributed by atoms with van der Waals surface area (Å²) < 4.78 is 83.7. The first kappa shape index (κ1) is 27.1. The summed E-state index contributed by atoms with van der Waals surface area (Å²) in [5, 5.41) is 9.80. The average molecular weight is 510 g/mol. The predicted molar refractivity (Wildman–Crippen MR) is 122 cm³/mol. The number of rotatable bonds is 8. The molecule has 1 N–H and O–H groups in total. The first-order chi connectivity index (χ1) is 16.7. The largest absolute Gasteiger partial charge is 0.489 e. The van der Waals surface area contributed by atoms with E-state index in [1.165, 1.54) is 36.4 Å². The van der Waals surface area contributed by atoms with Crippen molar-refractivity contribution in [1.82, 2.24) is 0 Å². The topological polar surface area (TPSA) is 46.5 Å². The number of halogens is 6. The summed E-state index contributed by atoms with van der Waals surface area (Å²) >= 11 is 0. The summed E-state index contributed by atoms with van der Waals surface area (Å²) in [6.45, 7) is 3.50. The zero-order chi connectivity index (χ0) is 26.7. The lowest BCUT2D eigenvalue weighted by molar-refractivity contribution is -0.139.